The van der Waals surface area contributed by atoms with E-state index < -0.39 is 15.8 Å². The normalized spacial score (nSPS) is 16.9. The molecule has 0 radical (unpaired) electrons. The van der Waals surface area contributed by atoms with Gasteiger partial charge in [0, 0.05) is 16.8 Å². The first-order valence-electron chi connectivity index (χ1n) is 14.8. The van der Waals surface area contributed by atoms with E-state index in [4.69, 9.17) is 18.9 Å². The van der Waals surface area contributed by atoms with Crippen LogP contribution in [0.25, 0.3) is 5.57 Å². The zero-order chi connectivity index (χ0) is 29.3. The summed E-state index contributed by atoms with van der Waals surface area (Å²) in [5.74, 6) is 3.20. The van der Waals surface area contributed by atoms with Crippen molar-refractivity contribution in [2.75, 3.05) is 13.6 Å². The minimum atomic E-state index is -0.941. The quantitative estimate of drug-likeness (QED) is 0.192. The molecule has 4 nitrogen and oxygen atoms in total. The lowest BCUT2D eigenvalue weighted by atomic mass is 9.93. The maximum atomic E-state index is 6.39. The summed E-state index contributed by atoms with van der Waals surface area (Å²) in [6.45, 7) is 0.402. The second-order valence-corrected chi connectivity index (χ2v) is 15.3. The molecule has 3 aliphatic rings. The minimum absolute atomic E-state index is 0.119. The highest BCUT2D eigenvalue weighted by atomic mass is 31.1. The molecule has 0 bridgehead atoms. The lowest BCUT2D eigenvalue weighted by Crippen LogP contribution is -2.29. The van der Waals surface area contributed by atoms with Crippen molar-refractivity contribution >= 4 is 47.9 Å². The number of hydrogen-bond acceptors (Lipinski definition) is 4. The van der Waals surface area contributed by atoms with E-state index in [0.717, 1.165) is 40.6 Å². The van der Waals surface area contributed by atoms with Crippen LogP contribution in [0.2, 0.25) is 0 Å². The second kappa shape index (κ2) is 12.0. The Labute approximate surface area is 260 Å². The number of rotatable bonds is 7. The fourth-order valence-electron chi connectivity index (χ4n) is 6.33. The summed E-state index contributed by atoms with van der Waals surface area (Å²) in [6.07, 6.45) is 3.04. The predicted molar refractivity (Wildman–Crippen MR) is 181 cm³/mol. The van der Waals surface area contributed by atoms with Gasteiger partial charge in [-0.1, -0.05) is 121 Å². The zero-order valence-corrected chi connectivity index (χ0v) is 25.8. The summed E-state index contributed by atoms with van der Waals surface area (Å²) in [4.78, 5) is 0. The van der Waals surface area contributed by atoms with E-state index in [0.29, 0.717) is 0 Å². The van der Waals surface area contributed by atoms with Crippen molar-refractivity contribution in [3.8, 4) is 11.5 Å². The number of fused-ring (bicyclic) bond motifs is 2. The van der Waals surface area contributed by atoms with Crippen molar-refractivity contribution in [1.82, 2.24) is 0 Å². The molecule has 1 fully saturated rings. The molecule has 44 heavy (non-hydrogen) atoms. The Hall–Kier alpha value is -4.36. The maximum absolute atomic E-state index is 6.39. The van der Waals surface area contributed by atoms with Crippen LogP contribution in [-0.4, -0.2) is 19.2 Å². The van der Waals surface area contributed by atoms with Crippen LogP contribution in [0.5, 0.6) is 11.5 Å². The van der Waals surface area contributed by atoms with Crippen molar-refractivity contribution in [1.29, 1.82) is 0 Å². The van der Waals surface area contributed by atoms with E-state index in [2.05, 4.69) is 140 Å². The SMILES string of the molecule is C1=C2OCOC2=C(c2c(P(c3ccccc3)c3ccccc3)ccc3c2OCO3)C(P(c2ccccc2)c2ccccc2)C1. The van der Waals surface area contributed by atoms with Gasteiger partial charge in [-0.2, -0.15) is 0 Å². The van der Waals surface area contributed by atoms with Crippen molar-refractivity contribution in [3.05, 3.63) is 157 Å². The van der Waals surface area contributed by atoms with Gasteiger partial charge in [0.15, 0.2) is 23.0 Å². The fraction of sp³-hybridized carbons (Fsp3) is 0.105. The molecule has 0 aromatic heterocycles. The van der Waals surface area contributed by atoms with Crippen LogP contribution in [0, 0.1) is 0 Å². The van der Waals surface area contributed by atoms with Gasteiger partial charge in [0.25, 0.3) is 0 Å². The van der Waals surface area contributed by atoms with Crippen LogP contribution in [-0.2, 0) is 9.47 Å². The first kappa shape index (κ1) is 27.2. The average molecular weight is 613 g/mol. The molecule has 0 amide bonds. The summed E-state index contributed by atoms with van der Waals surface area (Å²) in [5, 5.41) is 6.43. The van der Waals surface area contributed by atoms with Gasteiger partial charge in [-0.3, -0.25) is 0 Å². The van der Waals surface area contributed by atoms with Crippen LogP contribution in [0.4, 0.5) is 0 Å². The van der Waals surface area contributed by atoms with Crippen LogP contribution in [0.3, 0.4) is 0 Å². The Balaban J connectivity index is 1.41. The van der Waals surface area contributed by atoms with Crippen molar-refractivity contribution in [2.24, 2.45) is 0 Å². The number of benzene rings is 5. The molecule has 2 aliphatic heterocycles. The molecule has 2 heterocycles. The summed E-state index contributed by atoms with van der Waals surface area (Å²) in [7, 11) is -1.77. The molecule has 8 rings (SSSR count). The zero-order valence-electron chi connectivity index (χ0n) is 24.0. The maximum Gasteiger partial charge on any atom is 0.231 e. The van der Waals surface area contributed by atoms with Gasteiger partial charge in [0.1, 0.15) is 0 Å². The van der Waals surface area contributed by atoms with Crippen molar-refractivity contribution in [3.63, 3.8) is 0 Å². The number of ether oxygens (including phenoxy) is 4. The molecule has 1 unspecified atom stereocenters. The largest absolute Gasteiger partial charge is 0.454 e. The van der Waals surface area contributed by atoms with Crippen molar-refractivity contribution in [2.45, 2.75) is 12.1 Å². The van der Waals surface area contributed by atoms with Gasteiger partial charge in [-0.05, 0) is 67.0 Å². The molecular formula is C38H30O4P2. The van der Waals surface area contributed by atoms with Crippen LogP contribution in [0.1, 0.15) is 12.0 Å². The standard InChI is InChI=1S/C38H30O4P2/c1-5-13-27(14-6-1)43(28-15-7-2-8-16-28)33-23-21-31-37(41-25-39-31)35(33)36-34(24-22-32-38(36)42-26-40-32)44(29-17-9-3-10-18-29)30-19-11-4-12-20-30/h1-23,34H,24-26H2. The van der Waals surface area contributed by atoms with Gasteiger partial charge < -0.3 is 18.9 Å². The van der Waals surface area contributed by atoms with E-state index >= 15 is 0 Å². The Morgan fingerprint density at radius 2 is 1.07 bits per heavy atom. The van der Waals surface area contributed by atoms with Crippen LogP contribution < -0.4 is 36.0 Å². The second-order valence-electron chi connectivity index (χ2n) is 10.7. The van der Waals surface area contributed by atoms with E-state index in [1.165, 1.54) is 26.5 Å². The third-order valence-electron chi connectivity index (χ3n) is 8.18. The molecule has 5 aromatic carbocycles. The number of hydrogen-bond donors (Lipinski definition) is 0. The summed E-state index contributed by atoms with van der Waals surface area (Å²) < 4.78 is 24.9. The number of allylic oxidation sites excluding steroid dienone is 2. The summed E-state index contributed by atoms with van der Waals surface area (Å²) in [6, 6.07) is 47.8. The molecular weight excluding hydrogens is 582 g/mol. The highest BCUT2D eigenvalue weighted by Crippen LogP contribution is 2.56. The van der Waals surface area contributed by atoms with Crippen molar-refractivity contribution < 1.29 is 18.9 Å². The molecule has 0 spiro atoms. The van der Waals surface area contributed by atoms with E-state index in [1.54, 1.807) is 0 Å². The molecule has 216 valence electrons. The highest BCUT2D eigenvalue weighted by Gasteiger charge is 2.41. The predicted octanol–water partition coefficient (Wildman–Crippen LogP) is 6.68. The molecule has 1 saturated heterocycles. The van der Waals surface area contributed by atoms with E-state index in [9.17, 15) is 0 Å². The molecule has 0 N–H and O–H groups in total. The Morgan fingerprint density at radius 1 is 0.523 bits per heavy atom. The van der Waals surface area contributed by atoms with Gasteiger partial charge in [-0.15, -0.1) is 0 Å². The van der Waals surface area contributed by atoms with E-state index in [1.807, 2.05) is 0 Å². The summed E-state index contributed by atoms with van der Waals surface area (Å²) >= 11 is 0. The first-order valence-corrected chi connectivity index (χ1v) is 17.5. The summed E-state index contributed by atoms with van der Waals surface area (Å²) in [5.41, 5.74) is 2.35. The van der Waals surface area contributed by atoms with Gasteiger partial charge >= 0.3 is 0 Å². The third-order valence-corrected chi connectivity index (χ3v) is 13.5. The molecule has 0 saturated carbocycles. The van der Waals surface area contributed by atoms with Crippen LogP contribution >= 0.6 is 15.8 Å². The fourth-order valence-corrected chi connectivity index (χ4v) is 11.6. The minimum Gasteiger partial charge on any atom is -0.454 e. The highest BCUT2D eigenvalue weighted by molar-refractivity contribution is 7.80. The van der Waals surface area contributed by atoms with Crippen LogP contribution in [0.15, 0.2) is 151 Å². The average Bonchev–Trinajstić information content (AvgIpc) is 3.77. The van der Waals surface area contributed by atoms with Gasteiger partial charge in [0.05, 0.1) is 0 Å². The lowest BCUT2D eigenvalue weighted by molar-refractivity contribution is 0.0981. The molecule has 1 atom stereocenters. The molecule has 6 heteroatoms. The topological polar surface area (TPSA) is 36.9 Å². The smallest absolute Gasteiger partial charge is 0.231 e. The Morgan fingerprint density at radius 3 is 1.66 bits per heavy atom. The first-order chi connectivity index (χ1) is 21.9. The monoisotopic (exact) mass is 612 g/mol. The van der Waals surface area contributed by atoms with Gasteiger partial charge in [-0.25, -0.2) is 0 Å². The molecule has 5 aromatic rings. The third kappa shape index (κ3) is 4.89. The van der Waals surface area contributed by atoms with E-state index in [-0.39, 0.29) is 19.2 Å². The molecule has 1 aliphatic carbocycles. The van der Waals surface area contributed by atoms with Gasteiger partial charge in [0.2, 0.25) is 13.6 Å². The lowest BCUT2D eigenvalue weighted by Gasteiger charge is -2.34. The Bertz CT molecular complexity index is 1760. The Kier molecular flexibility index (Phi) is 7.40.